The van der Waals surface area contributed by atoms with E-state index in [1.54, 1.807) is 13.0 Å². The molecule has 8 aromatic rings. The van der Waals surface area contributed by atoms with Crippen molar-refractivity contribution in [2.75, 3.05) is 0 Å². The van der Waals surface area contributed by atoms with Crippen LogP contribution in [0, 0.1) is 16.2 Å². The summed E-state index contributed by atoms with van der Waals surface area (Å²) >= 11 is 0. The van der Waals surface area contributed by atoms with Crippen LogP contribution in [0.5, 0.6) is 40.2 Å². The van der Waals surface area contributed by atoms with Gasteiger partial charge in [0.1, 0.15) is 37.5 Å². The van der Waals surface area contributed by atoms with Crippen LogP contribution in [0.2, 0.25) is 0 Å². The number of ether oxygens (including phenoxy) is 1. The van der Waals surface area contributed by atoms with E-state index in [-0.39, 0.29) is 77.8 Å². The van der Waals surface area contributed by atoms with Gasteiger partial charge in [-0.3, -0.25) is 0 Å². The summed E-state index contributed by atoms with van der Waals surface area (Å²) < 4.78 is 109. The molecule has 0 fully saturated rings. The molecule has 0 radical (unpaired) electrons. The van der Waals surface area contributed by atoms with Crippen LogP contribution in [-0.4, -0.2) is 40.6 Å². The molecule has 0 saturated heterocycles. The Morgan fingerprint density at radius 2 is 0.871 bits per heavy atom. The molecule has 0 aromatic heterocycles. The van der Waals surface area contributed by atoms with E-state index in [0.29, 0.717) is 5.56 Å². The molecule has 0 bridgehead atoms. The van der Waals surface area contributed by atoms with Crippen molar-refractivity contribution in [1.82, 2.24) is 0 Å². The van der Waals surface area contributed by atoms with Crippen LogP contribution < -0.4 is 17.3 Å². The van der Waals surface area contributed by atoms with Crippen molar-refractivity contribution < 1.29 is 57.9 Å². The Morgan fingerprint density at radius 3 is 1.29 bits per heavy atom. The molecule has 22 heteroatoms. The maximum atomic E-state index is 14.5. The van der Waals surface area contributed by atoms with Crippen LogP contribution in [0.4, 0.5) is 17.1 Å². The second-order valence-electron chi connectivity index (χ2n) is 17.0. The highest BCUT2D eigenvalue weighted by atomic mass is 32.2. The summed E-state index contributed by atoms with van der Waals surface area (Å²) in [5.41, 5.74) is -2.32. The fourth-order valence-electron chi connectivity index (χ4n) is 8.93. The number of nitrogens with zero attached hydrogens (tertiary/aromatic N) is 6. The first-order chi connectivity index (χ1) is 33.1. The molecule has 1 aliphatic rings. The molecule has 8 aromatic carbocycles. The van der Waals surface area contributed by atoms with Crippen molar-refractivity contribution in [3.63, 3.8) is 0 Å². The van der Waals surface area contributed by atoms with Crippen LogP contribution in [-0.2, 0) is 41.4 Å². The van der Waals surface area contributed by atoms with Crippen molar-refractivity contribution in [3.05, 3.63) is 153 Å². The Labute approximate surface area is 398 Å². The third-order valence-electron chi connectivity index (χ3n) is 12.0. The Kier molecular flexibility index (Phi) is 10.9. The monoisotopic (exact) mass is 999 g/mol. The van der Waals surface area contributed by atoms with Gasteiger partial charge in [-0.25, -0.2) is 0 Å². The Bertz CT molecular complexity index is 4070. The maximum Gasteiger partial charge on any atom is 0.426 e. The summed E-state index contributed by atoms with van der Waals surface area (Å²) in [5, 5.41) is 60.2. The number of fused-ring (bicyclic) bond motifs is 4. The van der Waals surface area contributed by atoms with Gasteiger partial charge in [-0.1, -0.05) is 56.3 Å². The average Bonchev–Trinajstić information content (AvgIpc) is 3.30. The minimum atomic E-state index is -4.92. The molecule has 19 nitrogen and oxygen atoms in total. The van der Waals surface area contributed by atoms with Crippen LogP contribution in [0.3, 0.4) is 0 Å². The molecule has 1 aliphatic heterocycles. The van der Waals surface area contributed by atoms with Gasteiger partial charge >= 0.3 is 47.4 Å². The Balaban J connectivity index is 1.14. The summed E-state index contributed by atoms with van der Waals surface area (Å²) in [7, 11) is -14.3. The van der Waals surface area contributed by atoms with Crippen molar-refractivity contribution in [2.45, 2.75) is 52.9 Å². The van der Waals surface area contributed by atoms with Crippen molar-refractivity contribution in [3.8, 4) is 40.2 Å². The highest BCUT2D eigenvalue weighted by Gasteiger charge is 2.46. The van der Waals surface area contributed by atoms with Crippen molar-refractivity contribution >= 4 is 79.7 Å². The molecule has 0 aliphatic carbocycles. The number of rotatable bonds is 10. The second-order valence-corrected chi connectivity index (χ2v) is 21.5. The SMILES string of the molecule is CC1(C)CC(C)(c2ccc(OS(=O)(=O)c3cccc4c(O)c([N+]#N)ccc34)cc2OS(=O)(=O)c2cccc3c(O)c([N+]#N)ccc23)Oc2cc(OS(=O)(=O)c3cccc4c(O)c([N+]#N)ccc34)ccc21. The normalized spacial score (nSPS) is 15.5. The molecule has 1 heterocycles. The minimum absolute atomic E-state index is 0.00368. The van der Waals surface area contributed by atoms with Gasteiger partial charge in [0, 0.05) is 80.2 Å². The summed E-state index contributed by atoms with van der Waals surface area (Å²) in [4.78, 5) is 7.92. The fraction of sp³-hybridized carbons (Fsp3) is 0.125. The van der Waals surface area contributed by atoms with E-state index >= 15 is 0 Å². The first-order valence-corrected chi connectivity index (χ1v) is 24.9. The second kappa shape index (κ2) is 16.5. The number of aromatic hydroxyl groups is 3. The lowest BCUT2D eigenvalue weighted by atomic mass is 9.71. The molecular weight excluding hydrogens is 965 g/mol. The predicted molar refractivity (Wildman–Crippen MR) is 253 cm³/mol. The van der Waals surface area contributed by atoms with E-state index in [0.717, 1.165) is 6.07 Å². The van der Waals surface area contributed by atoms with Gasteiger partial charge in [0.15, 0.2) is 20.7 Å². The summed E-state index contributed by atoms with van der Waals surface area (Å²) in [6.07, 6.45) is 0.124. The highest BCUT2D eigenvalue weighted by molar-refractivity contribution is 7.88. The van der Waals surface area contributed by atoms with Crippen LogP contribution >= 0.6 is 0 Å². The van der Waals surface area contributed by atoms with Gasteiger partial charge < -0.3 is 32.6 Å². The molecule has 0 spiro atoms. The standard InChI is InChI=1S/C48H32N6O13S3/c1-47(2)25-48(3,64-39-23-26(13-18-34(39)47)65-68(58,59)41-10-4-7-31-28(41)15-20-36(52-49)44(31)55)35-19-14-27(66-69(60,61)42-11-5-8-32-29(42)16-21-37(53-50)45(32)56)24-40(35)67-70(62,63)43-12-6-9-33-30(43)17-22-38(54-51)46(33)57/h4-24H,25H2,1-3H3/p+3. The molecule has 1 unspecified atom stereocenters. The smallest absolute Gasteiger partial charge is 0.426 e. The maximum absolute atomic E-state index is 14.5. The molecular formula is C48H35N6O13S3+3. The number of phenols is 3. The van der Waals surface area contributed by atoms with Crippen molar-refractivity contribution in [2.24, 2.45) is 0 Å². The third kappa shape index (κ3) is 7.83. The first kappa shape index (κ1) is 46.4. The van der Waals surface area contributed by atoms with Gasteiger partial charge in [0.25, 0.3) is 0 Å². The number of phenolic OH excluding ortho intramolecular Hbond substituents is 3. The summed E-state index contributed by atoms with van der Waals surface area (Å²) in [5.74, 6) is -2.43. The molecule has 3 N–H and O–H groups in total. The number of benzene rings is 8. The van der Waals surface area contributed by atoms with E-state index in [9.17, 15) is 56.8 Å². The molecule has 0 amide bonds. The van der Waals surface area contributed by atoms with Gasteiger partial charge in [0.05, 0.1) is 0 Å². The van der Waals surface area contributed by atoms with Gasteiger partial charge in [-0.15, -0.1) is 0 Å². The zero-order chi connectivity index (χ0) is 50.1. The predicted octanol–water partition coefficient (Wildman–Crippen LogP) is 11.0. The largest absolute Gasteiger partial charge is 0.501 e. The topological polar surface area (TPSA) is 284 Å². The van der Waals surface area contributed by atoms with Crippen LogP contribution in [0.25, 0.3) is 47.2 Å². The molecule has 1 atom stereocenters. The van der Waals surface area contributed by atoms with Gasteiger partial charge in [-0.2, -0.15) is 25.3 Å². The van der Waals surface area contributed by atoms with Gasteiger partial charge in [-0.05, 0) is 66.9 Å². The zero-order valence-electron chi connectivity index (χ0n) is 36.7. The quantitative estimate of drug-likeness (QED) is 0.0848. The lowest BCUT2D eigenvalue weighted by Crippen LogP contribution is -2.42. The molecule has 70 heavy (non-hydrogen) atoms. The number of hydrogen-bond donors (Lipinski definition) is 3. The summed E-state index contributed by atoms with van der Waals surface area (Å²) in [6.45, 7) is 5.36. The minimum Gasteiger partial charge on any atom is -0.501 e. The molecule has 0 saturated carbocycles. The number of hydrogen-bond acceptors (Lipinski definition) is 16. The van der Waals surface area contributed by atoms with E-state index < -0.39 is 79.9 Å². The first-order valence-electron chi connectivity index (χ1n) is 20.7. The number of diazo groups is 3. The van der Waals surface area contributed by atoms with E-state index in [1.807, 2.05) is 13.8 Å². The van der Waals surface area contributed by atoms with Crippen LogP contribution in [0.15, 0.2) is 142 Å². The van der Waals surface area contributed by atoms with E-state index in [1.165, 1.54) is 115 Å². The fourth-order valence-corrected chi connectivity index (χ4v) is 12.4. The van der Waals surface area contributed by atoms with Crippen LogP contribution in [0.1, 0.15) is 38.3 Å². The lowest BCUT2D eigenvalue weighted by Gasteiger charge is -2.44. The van der Waals surface area contributed by atoms with Gasteiger partial charge in [0.2, 0.25) is 33.4 Å². The summed E-state index contributed by atoms with van der Waals surface area (Å²) in [6, 6.07) is 27.5. The highest BCUT2D eigenvalue weighted by Crippen LogP contribution is 2.53. The average molecular weight is 1000 g/mol. The Hall–Kier alpha value is -8.75. The zero-order valence-corrected chi connectivity index (χ0v) is 39.1. The molecule has 350 valence electrons. The van der Waals surface area contributed by atoms with E-state index in [4.69, 9.17) is 17.3 Å². The molecule has 9 rings (SSSR count). The third-order valence-corrected chi connectivity index (χ3v) is 15.9. The van der Waals surface area contributed by atoms with Crippen molar-refractivity contribution in [1.29, 1.82) is 16.2 Å². The Morgan fingerprint density at radius 1 is 0.486 bits per heavy atom. The van der Waals surface area contributed by atoms with E-state index in [2.05, 4.69) is 14.9 Å². The lowest BCUT2D eigenvalue weighted by molar-refractivity contribution is 0.0311.